The number of esters is 1. The maximum absolute atomic E-state index is 11.9. The van der Waals surface area contributed by atoms with Crippen molar-refractivity contribution in [3.05, 3.63) is 35.4 Å². The fourth-order valence-electron chi connectivity index (χ4n) is 1.76. The highest BCUT2D eigenvalue weighted by molar-refractivity contribution is 6.83. The summed E-state index contributed by atoms with van der Waals surface area (Å²) < 4.78 is 5.14. The Bertz CT molecular complexity index is 640. The van der Waals surface area contributed by atoms with Gasteiger partial charge in [-0.25, -0.2) is 0 Å². The summed E-state index contributed by atoms with van der Waals surface area (Å²) in [6, 6.07) is 7.62. The van der Waals surface area contributed by atoms with E-state index in [0.717, 1.165) is 11.1 Å². The molecule has 0 fully saturated rings. The lowest BCUT2D eigenvalue weighted by molar-refractivity contribution is -0.154. The number of carbonyl (C=O) groups is 2. The van der Waals surface area contributed by atoms with E-state index in [1.54, 1.807) is 20.8 Å². The van der Waals surface area contributed by atoms with Crippen LogP contribution in [0.4, 0.5) is 0 Å². The summed E-state index contributed by atoms with van der Waals surface area (Å²) in [6.07, 6.45) is 0.227. The molecule has 0 atom stereocenters. The third-order valence-corrected chi connectivity index (χ3v) is 3.63. The van der Waals surface area contributed by atoms with Crippen LogP contribution in [0.2, 0.25) is 19.6 Å². The third kappa shape index (κ3) is 9.16. The van der Waals surface area contributed by atoms with Gasteiger partial charge in [0.2, 0.25) is 5.91 Å². The second-order valence-electron chi connectivity index (χ2n) is 7.74. The number of rotatable bonds is 4. The van der Waals surface area contributed by atoms with Crippen LogP contribution in [0.25, 0.3) is 0 Å². The van der Waals surface area contributed by atoms with Crippen molar-refractivity contribution < 1.29 is 14.3 Å². The Morgan fingerprint density at radius 2 is 1.71 bits per heavy atom. The first-order chi connectivity index (χ1) is 10.9. The molecular formula is C19H27NO3Si. The van der Waals surface area contributed by atoms with E-state index in [0.29, 0.717) is 0 Å². The lowest BCUT2D eigenvalue weighted by atomic mass is 10.1. The third-order valence-electron chi connectivity index (χ3n) is 2.75. The smallest absolute Gasteiger partial charge is 0.325 e. The number of amides is 1. The molecule has 0 heterocycles. The number of hydrogen-bond acceptors (Lipinski definition) is 3. The van der Waals surface area contributed by atoms with Crippen molar-refractivity contribution in [1.29, 1.82) is 0 Å². The topological polar surface area (TPSA) is 55.4 Å². The second kappa shape index (κ2) is 8.16. The number of nitrogens with one attached hydrogen (secondary N) is 1. The molecule has 1 rings (SSSR count). The summed E-state index contributed by atoms with van der Waals surface area (Å²) in [5.41, 5.74) is 4.60. The Morgan fingerprint density at radius 3 is 2.21 bits per heavy atom. The van der Waals surface area contributed by atoms with Crippen LogP contribution in [0.5, 0.6) is 0 Å². The van der Waals surface area contributed by atoms with Crippen molar-refractivity contribution in [1.82, 2.24) is 5.32 Å². The van der Waals surface area contributed by atoms with E-state index in [1.807, 2.05) is 24.3 Å². The predicted octanol–water partition coefficient (Wildman–Crippen LogP) is 2.92. The van der Waals surface area contributed by atoms with Gasteiger partial charge in [0, 0.05) is 5.56 Å². The van der Waals surface area contributed by atoms with Crippen molar-refractivity contribution in [2.45, 2.75) is 52.4 Å². The summed E-state index contributed by atoms with van der Waals surface area (Å²) in [5, 5.41) is 2.58. The molecule has 0 spiro atoms. The van der Waals surface area contributed by atoms with Gasteiger partial charge in [-0.2, -0.15) is 0 Å². The normalized spacial score (nSPS) is 11.2. The van der Waals surface area contributed by atoms with E-state index >= 15 is 0 Å². The van der Waals surface area contributed by atoms with E-state index in [9.17, 15) is 9.59 Å². The maximum Gasteiger partial charge on any atom is 0.325 e. The van der Waals surface area contributed by atoms with Gasteiger partial charge in [-0.15, -0.1) is 5.54 Å². The summed E-state index contributed by atoms with van der Waals surface area (Å²) in [7, 11) is -1.39. The minimum atomic E-state index is -1.39. The van der Waals surface area contributed by atoms with Gasteiger partial charge in [0.05, 0.1) is 6.42 Å². The monoisotopic (exact) mass is 345 g/mol. The standard InChI is InChI=1S/C19H27NO3Si/c1-19(2,3)23-18(22)14-20-17(21)13-16-9-7-15(8-10-16)11-12-24(4,5)6/h7-10H,13-14H2,1-6H3,(H,20,21). The second-order valence-corrected chi connectivity index (χ2v) is 12.5. The lowest BCUT2D eigenvalue weighted by Crippen LogP contribution is -2.35. The molecule has 0 radical (unpaired) electrons. The quantitative estimate of drug-likeness (QED) is 0.519. The SMILES string of the molecule is CC(C)(C)OC(=O)CNC(=O)Cc1ccc(C#C[Si](C)(C)C)cc1. The van der Waals surface area contributed by atoms with E-state index < -0.39 is 19.6 Å². The van der Waals surface area contributed by atoms with Crippen molar-refractivity contribution in [3.8, 4) is 11.5 Å². The molecule has 1 N–H and O–H groups in total. The van der Waals surface area contributed by atoms with Gasteiger partial charge in [-0.1, -0.05) is 37.7 Å². The first-order valence-corrected chi connectivity index (χ1v) is 11.6. The molecule has 4 nitrogen and oxygen atoms in total. The summed E-state index contributed by atoms with van der Waals surface area (Å²) in [6.45, 7) is 11.9. The molecule has 130 valence electrons. The van der Waals surface area contributed by atoms with Crippen LogP contribution in [0.15, 0.2) is 24.3 Å². The molecule has 1 aromatic rings. The first-order valence-electron chi connectivity index (χ1n) is 8.05. The fourth-order valence-corrected chi connectivity index (χ4v) is 2.28. The Hall–Kier alpha value is -2.06. The van der Waals surface area contributed by atoms with Crippen LogP contribution >= 0.6 is 0 Å². The molecular weight excluding hydrogens is 318 g/mol. The van der Waals surface area contributed by atoms with Crippen LogP contribution in [0.1, 0.15) is 31.9 Å². The molecule has 0 unspecified atom stereocenters. The molecule has 0 aliphatic carbocycles. The number of hydrogen-bond donors (Lipinski definition) is 1. The highest BCUT2D eigenvalue weighted by atomic mass is 28.3. The molecule has 1 amide bonds. The van der Waals surface area contributed by atoms with E-state index in [2.05, 4.69) is 36.4 Å². The summed E-state index contributed by atoms with van der Waals surface area (Å²) >= 11 is 0. The van der Waals surface area contributed by atoms with Gasteiger partial charge in [0.15, 0.2) is 0 Å². The van der Waals surface area contributed by atoms with Crippen LogP contribution in [0, 0.1) is 11.5 Å². The lowest BCUT2D eigenvalue weighted by Gasteiger charge is -2.19. The van der Waals surface area contributed by atoms with Crippen molar-refractivity contribution in [2.75, 3.05) is 6.54 Å². The molecule has 0 aliphatic rings. The van der Waals surface area contributed by atoms with Crippen LogP contribution in [0.3, 0.4) is 0 Å². The minimum absolute atomic E-state index is 0.115. The molecule has 5 heteroatoms. The van der Waals surface area contributed by atoms with Gasteiger partial charge in [0.1, 0.15) is 20.2 Å². The molecule has 0 saturated carbocycles. The Morgan fingerprint density at radius 1 is 1.12 bits per heavy atom. The molecule has 0 aromatic heterocycles. The Labute approximate surface area is 146 Å². The highest BCUT2D eigenvalue weighted by Gasteiger charge is 2.16. The van der Waals surface area contributed by atoms with Crippen LogP contribution in [-0.2, 0) is 20.7 Å². The van der Waals surface area contributed by atoms with Gasteiger partial charge in [-0.05, 0) is 38.5 Å². The van der Waals surface area contributed by atoms with Gasteiger partial charge < -0.3 is 10.1 Å². The zero-order chi connectivity index (χ0) is 18.4. The van der Waals surface area contributed by atoms with Crippen LogP contribution in [-0.4, -0.2) is 32.1 Å². The van der Waals surface area contributed by atoms with Crippen molar-refractivity contribution >= 4 is 20.0 Å². The predicted molar refractivity (Wildman–Crippen MR) is 99.2 cm³/mol. The molecule has 0 aliphatic heterocycles. The van der Waals surface area contributed by atoms with Crippen LogP contribution < -0.4 is 5.32 Å². The Kier molecular flexibility index (Phi) is 6.79. The number of benzene rings is 1. The number of ether oxygens (including phenoxy) is 1. The summed E-state index contributed by atoms with van der Waals surface area (Å²) in [4.78, 5) is 23.4. The average Bonchev–Trinajstić information content (AvgIpc) is 2.42. The molecule has 24 heavy (non-hydrogen) atoms. The van der Waals surface area contributed by atoms with E-state index in [1.165, 1.54) is 0 Å². The van der Waals surface area contributed by atoms with Gasteiger partial charge in [-0.3, -0.25) is 9.59 Å². The minimum Gasteiger partial charge on any atom is -0.459 e. The summed E-state index contributed by atoms with van der Waals surface area (Å²) in [5.74, 6) is 2.53. The van der Waals surface area contributed by atoms with Gasteiger partial charge in [0.25, 0.3) is 0 Å². The van der Waals surface area contributed by atoms with Crippen molar-refractivity contribution in [2.24, 2.45) is 0 Å². The maximum atomic E-state index is 11.9. The average molecular weight is 346 g/mol. The largest absolute Gasteiger partial charge is 0.459 e. The molecule has 0 saturated heterocycles. The highest BCUT2D eigenvalue weighted by Crippen LogP contribution is 2.07. The number of carbonyl (C=O) groups excluding carboxylic acids is 2. The van der Waals surface area contributed by atoms with E-state index in [-0.39, 0.29) is 18.9 Å². The molecule has 0 bridgehead atoms. The zero-order valence-corrected chi connectivity index (χ0v) is 16.4. The van der Waals surface area contributed by atoms with Gasteiger partial charge >= 0.3 is 5.97 Å². The Balaban J connectivity index is 2.50. The van der Waals surface area contributed by atoms with Crippen molar-refractivity contribution in [3.63, 3.8) is 0 Å². The van der Waals surface area contributed by atoms with E-state index in [4.69, 9.17) is 4.74 Å². The molecule has 1 aromatic carbocycles. The first kappa shape index (κ1) is 20.0. The zero-order valence-electron chi connectivity index (χ0n) is 15.4. The fraction of sp³-hybridized carbons (Fsp3) is 0.474.